The minimum Gasteiger partial charge on any atom is -0.265 e. The van der Waals surface area contributed by atoms with Gasteiger partial charge in [-0.15, -0.1) is 0 Å². The third-order valence-corrected chi connectivity index (χ3v) is 2.68. The van der Waals surface area contributed by atoms with Crippen molar-refractivity contribution in [2.24, 2.45) is 0 Å². The molecule has 0 fully saturated rings. The fraction of sp³-hybridized carbons (Fsp3) is 0. The Labute approximate surface area is 74.7 Å². The quantitative estimate of drug-likeness (QED) is 0.672. The third-order valence-electron chi connectivity index (χ3n) is 1.47. The normalized spacial score (nSPS) is 17.8. The average Bonchev–Trinajstić information content (AvgIpc) is 2.21. The molecule has 64 valence electrons. The zero-order chi connectivity index (χ0) is 8.77. The molecule has 0 spiro atoms. The van der Waals surface area contributed by atoms with Crippen LogP contribution in [0.1, 0.15) is 0 Å². The molecular formula is C6H5ClN2O2S. The Morgan fingerprint density at radius 2 is 1.83 bits per heavy atom. The minimum absolute atomic E-state index is 0.488. The summed E-state index contributed by atoms with van der Waals surface area (Å²) in [5, 5.41) is 0.500. The van der Waals surface area contributed by atoms with Crippen molar-refractivity contribution in [1.29, 1.82) is 0 Å². The molecule has 1 aromatic rings. The highest BCUT2D eigenvalue weighted by atomic mass is 35.5. The molecule has 2 rings (SSSR count). The molecule has 0 radical (unpaired) electrons. The third kappa shape index (κ3) is 1.21. The summed E-state index contributed by atoms with van der Waals surface area (Å²) in [5.74, 6) is 0. The first kappa shape index (κ1) is 7.70. The van der Waals surface area contributed by atoms with Crippen LogP contribution in [0.3, 0.4) is 0 Å². The molecule has 2 N–H and O–H groups in total. The van der Waals surface area contributed by atoms with Gasteiger partial charge in [-0.05, 0) is 18.2 Å². The number of halogens is 1. The Morgan fingerprint density at radius 3 is 2.58 bits per heavy atom. The Hall–Kier alpha value is -0.940. The number of fused-ring (bicyclic) bond motifs is 1. The predicted octanol–water partition coefficient (Wildman–Crippen LogP) is 1.42. The monoisotopic (exact) mass is 204 g/mol. The van der Waals surface area contributed by atoms with E-state index in [1.54, 1.807) is 18.2 Å². The van der Waals surface area contributed by atoms with E-state index in [1.165, 1.54) is 0 Å². The number of nitrogens with one attached hydrogen (secondary N) is 2. The first-order chi connectivity index (χ1) is 5.57. The largest absolute Gasteiger partial charge is 0.321 e. The molecule has 0 amide bonds. The van der Waals surface area contributed by atoms with Crippen LogP contribution < -0.4 is 9.44 Å². The van der Waals surface area contributed by atoms with Crippen LogP contribution in [0.5, 0.6) is 0 Å². The molecule has 0 saturated heterocycles. The summed E-state index contributed by atoms with van der Waals surface area (Å²) in [6.45, 7) is 0. The summed E-state index contributed by atoms with van der Waals surface area (Å²) < 4.78 is 26.5. The SMILES string of the molecule is O=S1(=O)Nc2ccc(Cl)cc2N1. The summed E-state index contributed by atoms with van der Waals surface area (Å²) in [6.07, 6.45) is 0. The van der Waals surface area contributed by atoms with Crippen LogP contribution in [-0.2, 0) is 10.2 Å². The molecule has 0 atom stereocenters. The van der Waals surface area contributed by atoms with Crippen LogP contribution in [0.4, 0.5) is 11.4 Å². The Morgan fingerprint density at radius 1 is 1.17 bits per heavy atom. The first-order valence-corrected chi connectivity index (χ1v) is 5.03. The maximum atomic E-state index is 10.9. The van der Waals surface area contributed by atoms with E-state index in [4.69, 9.17) is 11.6 Å². The maximum absolute atomic E-state index is 10.9. The van der Waals surface area contributed by atoms with Crippen molar-refractivity contribution in [3.8, 4) is 0 Å². The van der Waals surface area contributed by atoms with Crippen molar-refractivity contribution in [1.82, 2.24) is 0 Å². The second kappa shape index (κ2) is 2.27. The topological polar surface area (TPSA) is 58.2 Å². The lowest BCUT2D eigenvalue weighted by Crippen LogP contribution is -2.12. The van der Waals surface area contributed by atoms with Crippen LogP contribution >= 0.6 is 11.6 Å². The van der Waals surface area contributed by atoms with E-state index in [0.717, 1.165) is 0 Å². The number of hydrogen-bond acceptors (Lipinski definition) is 2. The smallest absolute Gasteiger partial charge is 0.265 e. The summed E-state index contributed by atoms with van der Waals surface area (Å²) in [5.41, 5.74) is 1.02. The Bertz CT molecular complexity index is 429. The second-order valence-electron chi connectivity index (χ2n) is 2.40. The van der Waals surface area contributed by atoms with Gasteiger partial charge in [-0.2, -0.15) is 8.42 Å². The van der Waals surface area contributed by atoms with E-state index >= 15 is 0 Å². The highest BCUT2D eigenvalue weighted by Gasteiger charge is 2.21. The van der Waals surface area contributed by atoms with Gasteiger partial charge in [-0.25, -0.2) is 0 Å². The van der Waals surface area contributed by atoms with Crippen LogP contribution in [0.15, 0.2) is 18.2 Å². The van der Waals surface area contributed by atoms with Crippen molar-refractivity contribution < 1.29 is 8.42 Å². The van der Waals surface area contributed by atoms with Crippen LogP contribution in [0.25, 0.3) is 0 Å². The molecule has 0 bridgehead atoms. The standard InChI is InChI=1S/C6H5ClN2O2S/c7-4-1-2-5-6(3-4)9-12(10,11)8-5/h1-3,8-9H. The maximum Gasteiger partial charge on any atom is 0.321 e. The van der Waals surface area contributed by atoms with Gasteiger partial charge in [0.15, 0.2) is 0 Å². The molecule has 1 aliphatic rings. The van der Waals surface area contributed by atoms with E-state index < -0.39 is 10.2 Å². The molecule has 4 nitrogen and oxygen atoms in total. The van der Waals surface area contributed by atoms with Gasteiger partial charge in [0, 0.05) is 5.02 Å². The van der Waals surface area contributed by atoms with Crippen molar-refractivity contribution in [2.75, 3.05) is 9.44 Å². The molecule has 0 unspecified atom stereocenters. The van der Waals surface area contributed by atoms with Crippen LogP contribution in [0, 0.1) is 0 Å². The lowest BCUT2D eigenvalue weighted by Gasteiger charge is -1.94. The van der Waals surface area contributed by atoms with E-state index in [-0.39, 0.29) is 0 Å². The van der Waals surface area contributed by atoms with Crippen molar-refractivity contribution in [3.05, 3.63) is 23.2 Å². The first-order valence-electron chi connectivity index (χ1n) is 3.17. The molecule has 1 aliphatic heterocycles. The summed E-state index contributed by atoms with van der Waals surface area (Å²) >= 11 is 5.65. The summed E-state index contributed by atoms with van der Waals surface area (Å²) in [7, 11) is -3.38. The highest BCUT2D eigenvalue weighted by Crippen LogP contribution is 2.31. The van der Waals surface area contributed by atoms with Gasteiger partial charge < -0.3 is 0 Å². The van der Waals surface area contributed by atoms with Gasteiger partial charge in [0.05, 0.1) is 11.4 Å². The van der Waals surface area contributed by atoms with Crippen molar-refractivity contribution in [3.63, 3.8) is 0 Å². The molecular weight excluding hydrogens is 200 g/mol. The number of benzene rings is 1. The van der Waals surface area contributed by atoms with Crippen LogP contribution in [-0.4, -0.2) is 8.42 Å². The van der Waals surface area contributed by atoms with Gasteiger partial charge in [0.2, 0.25) is 0 Å². The summed E-state index contributed by atoms with van der Waals surface area (Å²) in [6, 6.07) is 4.78. The number of hydrogen-bond donors (Lipinski definition) is 2. The molecule has 12 heavy (non-hydrogen) atoms. The molecule has 0 aliphatic carbocycles. The molecule has 0 saturated carbocycles. The summed E-state index contributed by atoms with van der Waals surface area (Å²) in [4.78, 5) is 0. The fourth-order valence-electron chi connectivity index (χ4n) is 1.00. The van der Waals surface area contributed by atoms with E-state index in [2.05, 4.69) is 9.44 Å². The lowest BCUT2D eigenvalue weighted by atomic mass is 10.3. The zero-order valence-corrected chi connectivity index (χ0v) is 7.41. The second-order valence-corrected chi connectivity index (χ2v) is 4.25. The number of rotatable bonds is 0. The van der Waals surface area contributed by atoms with E-state index in [0.29, 0.717) is 16.4 Å². The average molecular weight is 205 g/mol. The van der Waals surface area contributed by atoms with Gasteiger partial charge in [-0.1, -0.05) is 11.6 Å². The Balaban J connectivity index is 2.56. The van der Waals surface area contributed by atoms with E-state index in [9.17, 15) is 8.42 Å². The van der Waals surface area contributed by atoms with Gasteiger partial charge in [0.25, 0.3) is 0 Å². The predicted molar refractivity (Wildman–Crippen MR) is 47.6 cm³/mol. The highest BCUT2D eigenvalue weighted by molar-refractivity contribution is 7.94. The molecule has 1 aromatic carbocycles. The number of anilines is 2. The minimum atomic E-state index is -3.38. The molecule has 0 aromatic heterocycles. The Kier molecular flexibility index (Phi) is 1.46. The molecule has 6 heteroatoms. The van der Waals surface area contributed by atoms with Crippen LogP contribution in [0.2, 0.25) is 5.02 Å². The lowest BCUT2D eigenvalue weighted by molar-refractivity contribution is 0.607. The van der Waals surface area contributed by atoms with Gasteiger partial charge >= 0.3 is 10.2 Å². The van der Waals surface area contributed by atoms with Crippen molar-refractivity contribution in [2.45, 2.75) is 0 Å². The fourth-order valence-corrected chi connectivity index (χ4v) is 2.15. The van der Waals surface area contributed by atoms with E-state index in [1.807, 2.05) is 0 Å². The van der Waals surface area contributed by atoms with Gasteiger partial charge in [0.1, 0.15) is 0 Å². The van der Waals surface area contributed by atoms with Gasteiger partial charge in [-0.3, -0.25) is 9.44 Å². The van der Waals surface area contributed by atoms with Crippen molar-refractivity contribution >= 4 is 33.2 Å². The molecule has 1 heterocycles. The zero-order valence-electron chi connectivity index (χ0n) is 5.83.